The molecular weight excluding hydrogens is 312 g/mol. The van der Waals surface area contributed by atoms with Crippen molar-refractivity contribution in [1.82, 2.24) is 0 Å². The van der Waals surface area contributed by atoms with Crippen molar-refractivity contribution in [3.8, 4) is 16.2 Å². The highest BCUT2D eigenvalue weighted by atomic mass is 32.1. The first-order valence-electron chi connectivity index (χ1n) is 7.11. The van der Waals surface area contributed by atoms with Gasteiger partial charge in [0.05, 0.1) is 15.2 Å². The smallest absolute Gasteiger partial charge is 0.335 e. The predicted molar refractivity (Wildman–Crippen MR) is 95.3 cm³/mol. The summed E-state index contributed by atoms with van der Waals surface area (Å²) in [7, 11) is -0.208. The van der Waals surface area contributed by atoms with Crippen LogP contribution in [0.25, 0.3) is 21.4 Å². The topological polar surface area (TPSA) is 39.4 Å². The summed E-state index contributed by atoms with van der Waals surface area (Å²) in [5, 5.41) is 3.80. The van der Waals surface area contributed by atoms with Gasteiger partial charge in [0.1, 0.15) is 11.3 Å². The molecule has 0 N–H and O–H groups in total. The summed E-state index contributed by atoms with van der Waals surface area (Å²) < 4.78 is 10.9. The first kappa shape index (κ1) is 15.1. The van der Waals surface area contributed by atoms with E-state index in [-0.39, 0.29) is 5.63 Å². The largest absolute Gasteiger partial charge is 0.496 e. The Hall–Kier alpha value is -1.85. The predicted octanol–water partition coefficient (Wildman–Crippen LogP) is 4.08. The first-order valence-corrected chi connectivity index (χ1v) is 11.5. The Morgan fingerprint density at radius 3 is 2.55 bits per heavy atom. The average Bonchev–Trinajstić information content (AvgIpc) is 2.93. The number of thiophene rings is 1. The van der Waals surface area contributed by atoms with Gasteiger partial charge < -0.3 is 9.15 Å². The van der Waals surface area contributed by atoms with Crippen LogP contribution in [0, 0.1) is 0 Å². The number of methoxy groups -OCH3 is 1. The lowest BCUT2D eigenvalue weighted by atomic mass is 10.1. The fourth-order valence-electron chi connectivity index (χ4n) is 2.64. The molecule has 0 aliphatic heterocycles. The number of benzene rings is 1. The van der Waals surface area contributed by atoms with Crippen LogP contribution in [0.2, 0.25) is 19.6 Å². The van der Waals surface area contributed by atoms with E-state index in [0.29, 0.717) is 5.58 Å². The van der Waals surface area contributed by atoms with Crippen LogP contribution in [0.3, 0.4) is 0 Å². The van der Waals surface area contributed by atoms with Crippen molar-refractivity contribution in [3.05, 3.63) is 46.1 Å². The summed E-state index contributed by atoms with van der Waals surface area (Å²) >= 11 is 1.60. The molecule has 22 heavy (non-hydrogen) atoms. The number of para-hydroxylation sites is 1. The van der Waals surface area contributed by atoms with Crippen LogP contribution in [-0.4, -0.2) is 15.2 Å². The highest BCUT2D eigenvalue weighted by Gasteiger charge is 2.28. The molecule has 3 nitrogen and oxygen atoms in total. The Labute approximate surface area is 134 Å². The van der Waals surface area contributed by atoms with Gasteiger partial charge in [-0.15, -0.1) is 11.3 Å². The van der Waals surface area contributed by atoms with Gasteiger partial charge in [-0.25, -0.2) is 4.79 Å². The van der Waals surface area contributed by atoms with Gasteiger partial charge in [0.2, 0.25) is 0 Å². The van der Waals surface area contributed by atoms with Gasteiger partial charge in [-0.2, -0.15) is 0 Å². The van der Waals surface area contributed by atoms with Crippen LogP contribution in [-0.2, 0) is 0 Å². The quantitative estimate of drug-likeness (QED) is 0.537. The van der Waals surface area contributed by atoms with Crippen molar-refractivity contribution < 1.29 is 9.15 Å². The molecule has 0 unspecified atom stereocenters. The zero-order chi connectivity index (χ0) is 15.9. The zero-order valence-electron chi connectivity index (χ0n) is 13.1. The minimum atomic E-state index is -1.86. The maximum absolute atomic E-state index is 12.6. The second-order valence-corrected chi connectivity index (χ2v) is 12.1. The minimum Gasteiger partial charge on any atom is -0.496 e. The lowest BCUT2D eigenvalue weighted by Gasteiger charge is -2.19. The average molecular weight is 330 g/mol. The number of hydrogen-bond donors (Lipinski definition) is 0. The Bertz CT molecular complexity index is 887. The van der Waals surface area contributed by atoms with Crippen molar-refractivity contribution in [2.24, 2.45) is 0 Å². The molecule has 0 saturated heterocycles. The number of rotatable bonds is 3. The van der Waals surface area contributed by atoms with Gasteiger partial charge in [0.15, 0.2) is 0 Å². The first-order chi connectivity index (χ1) is 10.4. The fourth-order valence-corrected chi connectivity index (χ4v) is 5.34. The molecule has 0 amide bonds. The molecule has 114 valence electrons. The standard InChI is InChI=1S/C17H18O3SSi/c1-19-11-9-14(21-10-11)15-12-7-5-6-8-13(12)20-17(18)16(15)22(2,3)4/h5-10H,1-4H3. The molecule has 0 fully saturated rings. The van der Waals surface area contributed by atoms with Crippen LogP contribution < -0.4 is 15.5 Å². The van der Waals surface area contributed by atoms with E-state index in [1.165, 1.54) is 0 Å². The maximum Gasteiger partial charge on any atom is 0.335 e. The molecule has 5 heteroatoms. The zero-order valence-corrected chi connectivity index (χ0v) is 14.9. The van der Waals surface area contributed by atoms with E-state index in [2.05, 4.69) is 19.6 Å². The van der Waals surface area contributed by atoms with Crippen molar-refractivity contribution >= 4 is 35.6 Å². The van der Waals surface area contributed by atoms with Gasteiger partial charge >= 0.3 is 5.63 Å². The summed E-state index contributed by atoms with van der Waals surface area (Å²) in [4.78, 5) is 13.6. The summed E-state index contributed by atoms with van der Waals surface area (Å²) in [6, 6.07) is 9.72. The molecule has 3 rings (SSSR count). The van der Waals surface area contributed by atoms with Crippen LogP contribution in [0.1, 0.15) is 0 Å². The van der Waals surface area contributed by atoms with E-state index in [1.807, 2.05) is 35.7 Å². The lowest BCUT2D eigenvalue weighted by Crippen LogP contribution is -2.48. The molecule has 0 radical (unpaired) electrons. The fraction of sp³-hybridized carbons (Fsp3) is 0.235. The number of hydrogen-bond acceptors (Lipinski definition) is 4. The third-order valence-corrected chi connectivity index (χ3v) is 6.50. The summed E-state index contributed by atoms with van der Waals surface area (Å²) in [5.74, 6) is 0.818. The monoisotopic (exact) mass is 330 g/mol. The molecule has 1 aromatic carbocycles. The molecule has 0 aliphatic rings. The normalized spacial score (nSPS) is 11.8. The van der Waals surface area contributed by atoms with Crippen LogP contribution in [0.5, 0.6) is 5.75 Å². The molecule has 0 saturated carbocycles. The van der Waals surface area contributed by atoms with E-state index in [1.54, 1.807) is 18.4 Å². The molecule has 2 heterocycles. The van der Waals surface area contributed by atoms with Gasteiger partial charge in [0.25, 0.3) is 0 Å². The highest BCUT2D eigenvalue weighted by molar-refractivity contribution is 7.14. The molecule has 2 aromatic heterocycles. The van der Waals surface area contributed by atoms with E-state index in [4.69, 9.17) is 9.15 Å². The Morgan fingerprint density at radius 1 is 1.18 bits per heavy atom. The van der Waals surface area contributed by atoms with E-state index < -0.39 is 8.07 Å². The summed E-state index contributed by atoms with van der Waals surface area (Å²) in [6.07, 6.45) is 0. The Morgan fingerprint density at radius 2 is 1.91 bits per heavy atom. The molecule has 0 atom stereocenters. The number of ether oxygens (including phenoxy) is 1. The number of fused-ring (bicyclic) bond motifs is 1. The van der Waals surface area contributed by atoms with Crippen LogP contribution in [0.15, 0.2) is 44.9 Å². The SMILES string of the molecule is COc1csc(-c2c([Si](C)(C)C)c(=O)oc3ccccc23)c1. The van der Waals surface area contributed by atoms with Crippen molar-refractivity contribution in [3.63, 3.8) is 0 Å². The lowest BCUT2D eigenvalue weighted by molar-refractivity contribution is 0.417. The van der Waals surface area contributed by atoms with E-state index in [0.717, 1.165) is 26.8 Å². The highest BCUT2D eigenvalue weighted by Crippen LogP contribution is 2.34. The Kier molecular flexibility index (Phi) is 3.70. The van der Waals surface area contributed by atoms with Crippen molar-refractivity contribution in [2.45, 2.75) is 19.6 Å². The second kappa shape index (κ2) is 5.41. The summed E-state index contributed by atoms with van der Waals surface area (Å²) in [5.41, 5.74) is 1.44. The molecule has 3 aromatic rings. The van der Waals surface area contributed by atoms with Gasteiger partial charge in [-0.05, 0) is 12.1 Å². The third-order valence-electron chi connectivity index (χ3n) is 3.62. The van der Waals surface area contributed by atoms with Crippen molar-refractivity contribution in [2.75, 3.05) is 7.11 Å². The van der Waals surface area contributed by atoms with Gasteiger partial charge in [-0.3, -0.25) is 0 Å². The Balaban J connectivity index is 2.45. The van der Waals surface area contributed by atoms with E-state index >= 15 is 0 Å². The maximum atomic E-state index is 12.6. The van der Waals surface area contributed by atoms with Gasteiger partial charge in [-0.1, -0.05) is 37.8 Å². The van der Waals surface area contributed by atoms with Gasteiger partial charge in [0, 0.05) is 26.4 Å². The molecule has 0 spiro atoms. The second-order valence-electron chi connectivity index (χ2n) is 6.24. The summed E-state index contributed by atoms with van der Waals surface area (Å²) in [6.45, 7) is 6.51. The molecule has 0 bridgehead atoms. The minimum absolute atomic E-state index is 0.208. The third kappa shape index (κ3) is 2.51. The van der Waals surface area contributed by atoms with E-state index in [9.17, 15) is 4.79 Å². The van der Waals surface area contributed by atoms with Crippen LogP contribution >= 0.6 is 11.3 Å². The molecular formula is C17H18O3SSi. The van der Waals surface area contributed by atoms with Crippen LogP contribution in [0.4, 0.5) is 0 Å². The molecule has 0 aliphatic carbocycles. The van der Waals surface area contributed by atoms with Crippen molar-refractivity contribution in [1.29, 1.82) is 0 Å².